The number of nitrogens with one attached hydrogen (secondary N) is 1. The van der Waals surface area contributed by atoms with Crippen molar-refractivity contribution in [1.82, 2.24) is 15.1 Å². The topological polar surface area (TPSA) is 116 Å². The molecule has 2 aliphatic rings. The molecule has 0 aliphatic carbocycles. The second kappa shape index (κ2) is 11.7. The minimum Gasteiger partial charge on any atom is -0.480 e. The van der Waals surface area contributed by atoms with Crippen LogP contribution in [-0.4, -0.2) is 77.1 Å². The zero-order valence-electron chi connectivity index (χ0n) is 19.7. The van der Waals surface area contributed by atoms with E-state index in [9.17, 15) is 19.2 Å². The molecule has 0 spiro atoms. The summed E-state index contributed by atoms with van der Waals surface area (Å²) < 4.78 is 5.40. The monoisotopic (exact) mass is 461 g/mol. The van der Waals surface area contributed by atoms with Crippen molar-refractivity contribution >= 4 is 23.9 Å². The van der Waals surface area contributed by atoms with Crippen molar-refractivity contribution in [2.75, 3.05) is 32.7 Å². The third kappa shape index (κ3) is 8.44. The fraction of sp³-hybridized carbons (Fsp3) is 0.667. The van der Waals surface area contributed by atoms with Gasteiger partial charge in [0.1, 0.15) is 11.5 Å². The van der Waals surface area contributed by atoms with Gasteiger partial charge < -0.3 is 25.0 Å². The van der Waals surface area contributed by atoms with Crippen molar-refractivity contribution in [3.05, 3.63) is 12.2 Å². The smallest absolute Gasteiger partial charge is 0.410 e. The van der Waals surface area contributed by atoms with E-state index in [0.29, 0.717) is 39.0 Å². The lowest BCUT2D eigenvalue weighted by Crippen LogP contribution is -2.44. The van der Waals surface area contributed by atoms with E-state index in [1.807, 2.05) is 26.8 Å². The van der Waals surface area contributed by atoms with Crippen molar-refractivity contribution in [1.29, 1.82) is 0 Å². The Hall–Kier alpha value is -3.02. The van der Waals surface area contributed by atoms with Crippen molar-refractivity contribution in [2.24, 2.45) is 17.8 Å². The van der Waals surface area contributed by atoms with Gasteiger partial charge in [0, 0.05) is 38.6 Å². The number of carbonyl (C=O) groups excluding carboxylic acids is 3. The van der Waals surface area contributed by atoms with Gasteiger partial charge in [0.2, 0.25) is 11.8 Å². The highest BCUT2D eigenvalue weighted by molar-refractivity contribution is 5.88. The molecule has 0 radical (unpaired) electrons. The Bertz CT molecular complexity index is 794. The summed E-state index contributed by atoms with van der Waals surface area (Å²) >= 11 is 0. The number of rotatable bonds is 6. The number of carbonyl (C=O) groups is 4. The summed E-state index contributed by atoms with van der Waals surface area (Å²) in [6.07, 6.45) is 11.0. The van der Waals surface area contributed by atoms with E-state index in [1.54, 1.807) is 15.9 Å². The average Bonchev–Trinajstić information content (AvgIpc) is 2.76. The molecule has 2 fully saturated rings. The molecule has 2 saturated heterocycles. The molecule has 0 aromatic heterocycles. The first-order valence-corrected chi connectivity index (χ1v) is 11.4. The third-order valence-corrected chi connectivity index (χ3v) is 5.86. The Morgan fingerprint density at radius 1 is 1.09 bits per heavy atom. The fourth-order valence-corrected chi connectivity index (χ4v) is 3.85. The third-order valence-electron chi connectivity index (χ3n) is 5.86. The molecule has 2 rings (SSSR count). The van der Waals surface area contributed by atoms with Crippen LogP contribution in [0.1, 0.15) is 46.5 Å². The highest BCUT2D eigenvalue weighted by Crippen LogP contribution is 2.22. The van der Waals surface area contributed by atoms with E-state index in [-0.39, 0.29) is 36.3 Å². The molecule has 2 aliphatic heterocycles. The molecule has 0 unspecified atom stereocenters. The van der Waals surface area contributed by atoms with Gasteiger partial charge in [0.25, 0.3) is 0 Å². The van der Waals surface area contributed by atoms with E-state index in [2.05, 4.69) is 11.2 Å². The van der Waals surface area contributed by atoms with E-state index >= 15 is 0 Å². The summed E-state index contributed by atoms with van der Waals surface area (Å²) in [5.74, 6) is -0.383. The summed E-state index contributed by atoms with van der Waals surface area (Å²) in [6, 6.07) is 0. The Morgan fingerprint density at radius 2 is 1.67 bits per heavy atom. The summed E-state index contributed by atoms with van der Waals surface area (Å²) in [4.78, 5) is 51.3. The van der Waals surface area contributed by atoms with Crippen molar-refractivity contribution in [2.45, 2.75) is 52.1 Å². The number of likely N-dealkylation sites (tertiary alicyclic amines) is 2. The highest BCUT2D eigenvalue weighted by atomic mass is 16.6. The molecular weight excluding hydrogens is 426 g/mol. The molecule has 9 nitrogen and oxygen atoms in total. The van der Waals surface area contributed by atoms with Gasteiger partial charge in [-0.3, -0.25) is 14.4 Å². The quantitative estimate of drug-likeness (QED) is 0.461. The number of piperidine rings is 2. The van der Waals surface area contributed by atoms with Gasteiger partial charge in [-0.15, -0.1) is 6.42 Å². The number of amides is 3. The van der Waals surface area contributed by atoms with Gasteiger partial charge in [-0.1, -0.05) is 12.0 Å². The van der Waals surface area contributed by atoms with Crippen LogP contribution in [0.25, 0.3) is 0 Å². The highest BCUT2D eigenvalue weighted by Gasteiger charge is 2.28. The van der Waals surface area contributed by atoms with Crippen LogP contribution < -0.4 is 5.32 Å². The molecule has 33 heavy (non-hydrogen) atoms. The Balaban J connectivity index is 1.72. The predicted octanol–water partition coefficient (Wildman–Crippen LogP) is 1.88. The molecule has 0 aromatic carbocycles. The van der Waals surface area contributed by atoms with Crippen LogP contribution in [0.15, 0.2) is 12.2 Å². The normalized spacial score (nSPS) is 19.1. The van der Waals surface area contributed by atoms with Gasteiger partial charge in [-0.25, -0.2) is 4.79 Å². The van der Waals surface area contributed by atoms with Crippen LogP contribution >= 0.6 is 0 Å². The first-order valence-electron chi connectivity index (χ1n) is 11.4. The van der Waals surface area contributed by atoms with Crippen LogP contribution in [0.2, 0.25) is 0 Å². The zero-order chi connectivity index (χ0) is 24.6. The van der Waals surface area contributed by atoms with Crippen LogP contribution in [0.4, 0.5) is 4.79 Å². The number of ether oxygens (including phenoxy) is 1. The molecule has 3 amide bonds. The SMILES string of the molecule is C#C[C@@H](CNC(=O)C1CCN(C(=O)/C=C/C2CCN(C(=O)OC(C)(C)C)CC2)CC1)C(=O)O. The first-order chi connectivity index (χ1) is 15.5. The number of terminal acetylenes is 1. The van der Waals surface area contributed by atoms with E-state index in [0.717, 1.165) is 12.8 Å². The van der Waals surface area contributed by atoms with Gasteiger partial charge in [0.05, 0.1) is 0 Å². The number of carboxylic acid groups (broad SMARTS) is 1. The first kappa shape index (κ1) is 26.2. The molecule has 2 heterocycles. The van der Waals surface area contributed by atoms with Gasteiger partial charge in [-0.05, 0) is 58.4 Å². The average molecular weight is 462 g/mol. The fourth-order valence-electron chi connectivity index (χ4n) is 3.85. The maximum atomic E-state index is 12.5. The minimum atomic E-state index is -1.14. The van der Waals surface area contributed by atoms with E-state index in [1.165, 1.54) is 0 Å². The van der Waals surface area contributed by atoms with Gasteiger partial charge >= 0.3 is 12.1 Å². The summed E-state index contributed by atoms with van der Waals surface area (Å²) in [5, 5.41) is 11.6. The summed E-state index contributed by atoms with van der Waals surface area (Å²) in [7, 11) is 0. The molecule has 0 aromatic rings. The predicted molar refractivity (Wildman–Crippen MR) is 122 cm³/mol. The minimum absolute atomic E-state index is 0.0818. The molecule has 2 N–H and O–H groups in total. The molecule has 0 bridgehead atoms. The standard InChI is InChI=1S/C24H35N3O6/c1-5-18(22(30)31)16-25-21(29)19-10-14-26(15-11-19)20(28)7-6-17-8-12-27(13-9-17)23(32)33-24(2,3)4/h1,6-7,17-19H,8-16H2,2-4H3,(H,25,29)(H,30,31)/b7-6+/t18-/m0/s1. The van der Waals surface area contributed by atoms with Gasteiger partial charge in [0.15, 0.2) is 0 Å². The zero-order valence-corrected chi connectivity index (χ0v) is 19.7. The lowest BCUT2D eigenvalue weighted by atomic mass is 9.95. The number of allylic oxidation sites excluding steroid dienone is 1. The number of carboxylic acids is 1. The van der Waals surface area contributed by atoms with Crippen molar-refractivity contribution < 1.29 is 29.0 Å². The summed E-state index contributed by atoms with van der Waals surface area (Å²) in [6.45, 7) is 7.56. The van der Waals surface area contributed by atoms with Crippen LogP contribution in [0.5, 0.6) is 0 Å². The maximum absolute atomic E-state index is 12.5. The number of nitrogens with zero attached hydrogens (tertiary/aromatic N) is 2. The molecule has 1 atom stereocenters. The van der Waals surface area contributed by atoms with Crippen LogP contribution in [0, 0.1) is 30.1 Å². The molecule has 182 valence electrons. The van der Waals surface area contributed by atoms with Crippen molar-refractivity contribution in [3.8, 4) is 12.3 Å². The Morgan fingerprint density at radius 3 is 2.18 bits per heavy atom. The number of hydrogen-bond donors (Lipinski definition) is 2. The van der Waals surface area contributed by atoms with Crippen LogP contribution in [0.3, 0.4) is 0 Å². The van der Waals surface area contributed by atoms with Crippen LogP contribution in [-0.2, 0) is 19.1 Å². The number of hydrogen-bond acceptors (Lipinski definition) is 5. The second-order valence-corrected chi connectivity index (χ2v) is 9.57. The Labute approximate surface area is 195 Å². The molecular formula is C24H35N3O6. The number of aliphatic carboxylic acids is 1. The van der Waals surface area contributed by atoms with Crippen molar-refractivity contribution in [3.63, 3.8) is 0 Å². The van der Waals surface area contributed by atoms with E-state index in [4.69, 9.17) is 16.3 Å². The largest absolute Gasteiger partial charge is 0.480 e. The van der Waals surface area contributed by atoms with E-state index < -0.39 is 17.5 Å². The lowest BCUT2D eigenvalue weighted by Gasteiger charge is -2.33. The molecule has 9 heteroatoms. The molecule has 0 saturated carbocycles. The summed E-state index contributed by atoms with van der Waals surface area (Å²) in [5.41, 5.74) is -0.517. The second-order valence-electron chi connectivity index (χ2n) is 9.57. The van der Waals surface area contributed by atoms with Gasteiger partial charge in [-0.2, -0.15) is 0 Å². The maximum Gasteiger partial charge on any atom is 0.410 e. The lowest BCUT2D eigenvalue weighted by molar-refractivity contribution is -0.140. The Kier molecular flexibility index (Phi) is 9.32.